The van der Waals surface area contributed by atoms with Crippen molar-refractivity contribution in [3.63, 3.8) is 0 Å². The molecule has 1 unspecified atom stereocenters. The van der Waals surface area contributed by atoms with E-state index < -0.39 is 6.16 Å². The van der Waals surface area contributed by atoms with Crippen molar-refractivity contribution in [1.82, 2.24) is 4.90 Å². The number of hydrogen-bond acceptors (Lipinski definition) is 8. The molecule has 0 radical (unpaired) electrons. The highest BCUT2D eigenvalue weighted by atomic mass is 16.7. The fourth-order valence-corrected chi connectivity index (χ4v) is 7.27. The van der Waals surface area contributed by atoms with Crippen LogP contribution >= 0.6 is 0 Å². The van der Waals surface area contributed by atoms with E-state index in [2.05, 4.69) is 39.5 Å². The molecule has 0 aliphatic carbocycles. The molecule has 8 nitrogen and oxygen atoms in total. The van der Waals surface area contributed by atoms with E-state index in [4.69, 9.17) is 18.9 Å². The van der Waals surface area contributed by atoms with Crippen molar-refractivity contribution < 1.29 is 33.3 Å². The standard InChI is InChI=1S/C47H91NO7/c1-6-11-14-17-20-21-24-27-37-45(49)52-39-30-28-33-43(42-55-47(51)54-41-32-38-48(9-4)10-5)34-29-31-40-53-46(50)44(35-25-22-18-15-12-7-2)36-26-23-19-16-13-8-3/h43-44H,6-42H2,1-5H3. The minimum Gasteiger partial charge on any atom is -0.466 e. The largest absolute Gasteiger partial charge is 0.508 e. The van der Waals surface area contributed by atoms with Crippen LogP contribution in [0.5, 0.6) is 0 Å². The predicted molar refractivity (Wildman–Crippen MR) is 230 cm³/mol. The number of nitrogens with zero attached hydrogens (tertiary/aromatic N) is 1. The molecule has 0 aromatic rings. The lowest BCUT2D eigenvalue weighted by molar-refractivity contribution is -0.149. The smallest absolute Gasteiger partial charge is 0.466 e. The van der Waals surface area contributed by atoms with Gasteiger partial charge in [-0.25, -0.2) is 4.79 Å². The Morgan fingerprint density at radius 1 is 0.436 bits per heavy atom. The monoisotopic (exact) mass is 782 g/mol. The molecule has 0 aliphatic rings. The molecule has 0 aromatic carbocycles. The molecular formula is C47H91NO7. The Bertz CT molecular complexity index is 833. The Labute approximate surface area is 340 Å². The molecule has 0 fully saturated rings. The molecule has 0 rings (SSSR count). The number of unbranched alkanes of at least 4 members (excludes halogenated alkanes) is 19. The maximum atomic E-state index is 13.2. The van der Waals surface area contributed by atoms with E-state index in [1.807, 2.05) is 0 Å². The summed E-state index contributed by atoms with van der Waals surface area (Å²) in [7, 11) is 0. The highest BCUT2D eigenvalue weighted by molar-refractivity contribution is 5.72. The second-order valence-corrected chi connectivity index (χ2v) is 16.1. The summed E-state index contributed by atoms with van der Waals surface area (Å²) in [6.45, 7) is 15.4. The zero-order chi connectivity index (χ0) is 40.5. The summed E-state index contributed by atoms with van der Waals surface area (Å²) in [5.41, 5.74) is 0. The van der Waals surface area contributed by atoms with E-state index in [1.54, 1.807) is 0 Å². The van der Waals surface area contributed by atoms with Crippen LogP contribution in [0.25, 0.3) is 0 Å². The highest BCUT2D eigenvalue weighted by Crippen LogP contribution is 2.22. The second-order valence-electron chi connectivity index (χ2n) is 16.1. The Morgan fingerprint density at radius 2 is 0.873 bits per heavy atom. The average molecular weight is 782 g/mol. The Morgan fingerprint density at radius 3 is 1.38 bits per heavy atom. The normalized spacial score (nSPS) is 12.0. The van der Waals surface area contributed by atoms with Crippen molar-refractivity contribution in [2.45, 2.75) is 227 Å². The third kappa shape index (κ3) is 36.3. The molecule has 0 saturated carbocycles. The molecule has 0 amide bonds. The van der Waals surface area contributed by atoms with Gasteiger partial charge >= 0.3 is 18.1 Å². The number of carbonyl (C=O) groups is 3. The van der Waals surface area contributed by atoms with Crippen LogP contribution in [0.15, 0.2) is 0 Å². The molecule has 55 heavy (non-hydrogen) atoms. The number of hydrogen-bond donors (Lipinski definition) is 0. The van der Waals surface area contributed by atoms with Crippen LogP contribution in [-0.4, -0.2) is 69.1 Å². The van der Waals surface area contributed by atoms with E-state index in [0.717, 1.165) is 103 Å². The maximum Gasteiger partial charge on any atom is 0.508 e. The Hall–Kier alpha value is -1.83. The number of ether oxygens (including phenoxy) is 4. The highest BCUT2D eigenvalue weighted by Gasteiger charge is 2.20. The van der Waals surface area contributed by atoms with Gasteiger partial charge in [0.05, 0.1) is 32.3 Å². The number of rotatable bonds is 42. The predicted octanol–water partition coefficient (Wildman–Crippen LogP) is 13.6. The lowest BCUT2D eigenvalue weighted by Gasteiger charge is -2.19. The average Bonchev–Trinajstić information content (AvgIpc) is 3.19. The summed E-state index contributed by atoms with van der Waals surface area (Å²) in [6.07, 6.45) is 32.2. The summed E-state index contributed by atoms with van der Waals surface area (Å²) < 4.78 is 22.3. The topological polar surface area (TPSA) is 91.4 Å². The van der Waals surface area contributed by atoms with E-state index in [9.17, 15) is 14.4 Å². The van der Waals surface area contributed by atoms with Gasteiger partial charge in [0.25, 0.3) is 0 Å². The van der Waals surface area contributed by atoms with Crippen LogP contribution < -0.4 is 0 Å². The van der Waals surface area contributed by atoms with Gasteiger partial charge in [0, 0.05) is 13.0 Å². The van der Waals surface area contributed by atoms with Crippen molar-refractivity contribution in [3.8, 4) is 0 Å². The van der Waals surface area contributed by atoms with Crippen molar-refractivity contribution >= 4 is 18.1 Å². The van der Waals surface area contributed by atoms with E-state index in [-0.39, 0.29) is 23.8 Å². The van der Waals surface area contributed by atoms with Gasteiger partial charge in [-0.3, -0.25) is 9.59 Å². The lowest BCUT2D eigenvalue weighted by Crippen LogP contribution is -2.25. The molecule has 326 valence electrons. The number of esters is 2. The summed E-state index contributed by atoms with van der Waals surface area (Å²) in [6, 6.07) is 0. The second kappa shape index (κ2) is 41.8. The molecule has 1 atom stereocenters. The zero-order valence-electron chi connectivity index (χ0n) is 37.1. The molecule has 8 heteroatoms. The van der Waals surface area contributed by atoms with Gasteiger partial charge in [-0.1, -0.05) is 157 Å². The van der Waals surface area contributed by atoms with Gasteiger partial charge in [0.2, 0.25) is 0 Å². The molecule has 0 aliphatic heterocycles. The lowest BCUT2D eigenvalue weighted by atomic mass is 9.94. The fraction of sp³-hybridized carbons (Fsp3) is 0.936. The SMILES string of the molecule is CCCCCCCCCCC(=O)OCCCCC(CCCCOC(=O)C(CCCCCCCC)CCCCCCCC)COC(=O)OCCCN(CC)CC. The van der Waals surface area contributed by atoms with Crippen molar-refractivity contribution in [1.29, 1.82) is 0 Å². The maximum absolute atomic E-state index is 13.2. The van der Waals surface area contributed by atoms with Crippen LogP contribution in [0.2, 0.25) is 0 Å². The molecule has 0 bridgehead atoms. The molecule has 0 spiro atoms. The number of carbonyl (C=O) groups excluding carboxylic acids is 3. The first-order valence-electron chi connectivity index (χ1n) is 23.8. The van der Waals surface area contributed by atoms with E-state index >= 15 is 0 Å². The molecule has 0 aromatic heterocycles. The molecular weight excluding hydrogens is 691 g/mol. The fourth-order valence-electron chi connectivity index (χ4n) is 7.27. The Balaban J connectivity index is 4.72. The van der Waals surface area contributed by atoms with Crippen LogP contribution in [0.4, 0.5) is 4.79 Å². The third-order valence-electron chi connectivity index (χ3n) is 11.1. The summed E-state index contributed by atoms with van der Waals surface area (Å²) in [4.78, 5) is 40.1. The summed E-state index contributed by atoms with van der Waals surface area (Å²) in [5.74, 6) is 0.0964. The van der Waals surface area contributed by atoms with Gasteiger partial charge in [-0.2, -0.15) is 0 Å². The first-order chi connectivity index (χ1) is 26.9. The summed E-state index contributed by atoms with van der Waals surface area (Å²) in [5, 5.41) is 0. The van der Waals surface area contributed by atoms with Crippen LogP contribution in [0.1, 0.15) is 227 Å². The quantitative estimate of drug-likeness (QED) is 0.0343. The minimum atomic E-state index is -0.602. The van der Waals surface area contributed by atoms with Crippen molar-refractivity contribution in [2.75, 3.05) is 46.1 Å². The van der Waals surface area contributed by atoms with Gasteiger partial charge in [0.1, 0.15) is 0 Å². The van der Waals surface area contributed by atoms with Crippen LogP contribution in [0.3, 0.4) is 0 Å². The van der Waals surface area contributed by atoms with E-state index in [1.165, 1.54) is 103 Å². The molecule has 0 N–H and O–H groups in total. The van der Waals surface area contributed by atoms with Gasteiger partial charge < -0.3 is 23.8 Å². The molecule has 0 saturated heterocycles. The van der Waals surface area contributed by atoms with Crippen LogP contribution in [-0.2, 0) is 28.5 Å². The first kappa shape index (κ1) is 53.2. The molecule has 0 heterocycles. The first-order valence-corrected chi connectivity index (χ1v) is 23.8. The van der Waals surface area contributed by atoms with Gasteiger partial charge in [0.15, 0.2) is 0 Å². The minimum absolute atomic E-state index is 0.0114. The van der Waals surface area contributed by atoms with Crippen molar-refractivity contribution in [3.05, 3.63) is 0 Å². The Kier molecular flexibility index (Phi) is 40.4. The van der Waals surface area contributed by atoms with Crippen LogP contribution in [0, 0.1) is 11.8 Å². The zero-order valence-corrected chi connectivity index (χ0v) is 37.1. The van der Waals surface area contributed by atoms with Gasteiger partial charge in [-0.15, -0.1) is 0 Å². The van der Waals surface area contributed by atoms with E-state index in [0.29, 0.717) is 32.8 Å². The summed E-state index contributed by atoms with van der Waals surface area (Å²) >= 11 is 0. The third-order valence-corrected chi connectivity index (χ3v) is 11.1. The van der Waals surface area contributed by atoms with Gasteiger partial charge in [-0.05, 0) is 83.2 Å². The van der Waals surface area contributed by atoms with Crippen molar-refractivity contribution in [2.24, 2.45) is 11.8 Å².